The lowest BCUT2D eigenvalue weighted by Gasteiger charge is -2.35. The quantitative estimate of drug-likeness (QED) is 0.393. The van der Waals surface area contributed by atoms with E-state index in [2.05, 4.69) is 20.3 Å². The van der Waals surface area contributed by atoms with E-state index in [0.717, 1.165) is 50.5 Å². The largest absolute Gasteiger partial charge is 0.370 e. The number of halogens is 1. The van der Waals surface area contributed by atoms with Crippen LogP contribution in [0.5, 0.6) is 0 Å². The molecule has 0 aliphatic carbocycles. The van der Waals surface area contributed by atoms with Gasteiger partial charge in [0.2, 0.25) is 5.91 Å². The molecule has 1 aromatic rings. The first-order valence-corrected chi connectivity index (χ1v) is 9.58. The molecule has 2 aliphatic rings. The van der Waals surface area contributed by atoms with E-state index in [9.17, 15) is 4.79 Å². The molecular weight excluding hydrogens is 459 g/mol. The van der Waals surface area contributed by atoms with Gasteiger partial charge < -0.3 is 19.9 Å². The van der Waals surface area contributed by atoms with Crippen molar-refractivity contribution in [1.29, 1.82) is 0 Å². The van der Waals surface area contributed by atoms with Crippen LogP contribution in [0.25, 0.3) is 0 Å². The summed E-state index contributed by atoms with van der Waals surface area (Å²) >= 11 is 0. The summed E-state index contributed by atoms with van der Waals surface area (Å²) in [6.45, 7) is 6.85. The zero-order valence-electron chi connectivity index (χ0n) is 16.3. The average Bonchev–Trinajstić information content (AvgIpc) is 3.12. The van der Waals surface area contributed by atoms with Gasteiger partial charge in [0.1, 0.15) is 12.6 Å². The van der Waals surface area contributed by atoms with Crippen LogP contribution in [0.15, 0.2) is 17.4 Å². The monoisotopic (exact) mass is 490 g/mol. The number of likely N-dealkylation sites (tertiary alicyclic amines) is 1. The molecule has 9 heteroatoms. The summed E-state index contributed by atoms with van der Waals surface area (Å²) in [6.07, 6.45) is 7.23. The number of aryl methyl sites for hydroxylation is 1. The molecule has 2 saturated heterocycles. The van der Waals surface area contributed by atoms with Crippen LogP contribution >= 0.6 is 24.0 Å². The molecule has 1 atom stereocenters. The number of hydrogen-bond donors (Lipinski definition) is 1. The maximum atomic E-state index is 12.4. The highest BCUT2D eigenvalue weighted by Gasteiger charge is 2.25. The van der Waals surface area contributed by atoms with Crippen LogP contribution in [0.2, 0.25) is 0 Å². The third-order valence-corrected chi connectivity index (χ3v) is 4.87. The number of rotatable bonds is 4. The van der Waals surface area contributed by atoms with Gasteiger partial charge >= 0.3 is 0 Å². The molecule has 0 saturated carbocycles. The molecule has 0 aromatic carbocycles. The van der Waals surface area contributed by atoms with Crippen molar-refractivity contribution in [2.24, 2.45) is 12.0 Å². The summed E-state index contributed by atoms with van der Waals surface area (Å²) in [4.78, 5) is 21.1. The highest BCUT2D eigenvalue weighted by molar-refractivity contribution is 14.0. The van der Waals surface area contributed by atoms with Crippen molar-refractivity contribution in [2.45, 2.75) is 32.3 Å². The minimum absolute atomic E-state index is 0. The second kappa shape index (κ2) is 10.8. The predicted molar refractivity (Wildman–Crippen MR) is 115 cm³/mol. The Kier molecular flexibility index (Phi) is 8.81. The van der Waals surface area contributed by atoms with Gasteiger partial charge in [0, 0.05) is 45.0 Å². The van der Waals surface area contributed by atoms with Crippen molar-refractivity contribution in [3.63, 3.8) is 0 Å². The number of piperidine rings is 1. The summed E-state index contributed by atoms with van der Waals surface area (Å²) in [5.41, 5.74) is 1.07. The van der Waals surface area contributed by atoms with Gasteiger partial charge in [0.25, 0.3) is 0 Å². The van der Waals surface area contributed by atoms with Crippen molar-refractivity contribution in [2.75, 3.05) is 45.9 Å². The predicted octanol–water partition coefficient (Wildman–Crippen LogP) is 1.39. The normalized spacial score (nSPS) is 21.0. The van der Waals surface area contributed by atoms with Crippen molar-refractivity contribution < 1.29 is 9.53 Å². The smallest absolute Gasteiger partial charge is 0.244 e. The summed E-state index contributed by atoms with van der Waals surface area (Å²) in [7, 11) is 1.90. The Morgan fingerprint density at radius 3 is 2.74 bits per heavy atom. The Bertz CT molecular complexity index is 629. The molecule has 1 unspecified atom stereocenters. The fourth-order valence-corrected chi connectivity index (χ4v) is 3.46. The van der Waals surface area contributed by atoms with Gasteiger partial charge in [-0.2, -0.15) is 5.10 Å². The Balaban J connectivity index is 0.00000261. The number of nitrogens with zero attached hydrogens (tertiary/aromatic N) is 5. The first kappa shape index (κ1) is 21.9. The SMILES string of the molecule is CCNC(=NCC(=O)N1CCCCC1)N1CCOC(c2cnn(C)c2)C1.I. The van der Waals surface area contributed by atoms with Crippen LogP contribution in [0.4, 0.5) is 0 Å². The molecule has 1 aromatic heterocycles. The molecule has 3 heterocycles. The number of nitrogens with one attached hydrogen (secondary N) is 1. The minimum atomic E-state index is -0.0286. The number of aromatic nitrogens is 2. The van der Waals surface area contributed by atoms with Crippen LogP contribution < -0.4 is 5.32 Å². The Morgan fingerprint density at radius 2 is 2.07 bits per heavy atom. The fourth-order valence-electron chi connectivity index (χ4n) is 3.46. The molecule has 27 heavy (non-hydrogen) atoms. The van der Waals surface area contributed by atoms with Gasteiger partial charge in [0.05, 0.1) is 19.3 Å². The molecule has 2 fully saturated rings. The number of carbonyl (C=O) groups is 1. The second-order valence-electron chi connectivity index (χ2n) is 6.86. The van der Waals surface area contributed by atoms with Crippen molar-refractivity contribution in [3.8, 4) is 0 Å². The molecule has 0 bridgehead atoms. The number of ether oxygens (including phenoxy) is 1. The van der Waals surface area contributed by atoms with Crippen LogP contribution in [-0.2, 0) is 16.6 Å². The molecule has 1 amide bonds. The van der Waals surface area contributed by atoms with E-state index in [1.807, 2.05) is 31.3 Å². The number of amides is 1. The van der Waals surface area contributed by atoms with Gasteiger partial charge in [-0.05, 0) is 26.2 Å². The maximum absolute atomic E-state index is 12.4. The van der Waals surface area contributed by atoms with E-state index in [-0.39, 0.29) is 42.5 Å². The number of aliphatic imine (C=N–C) groups is 1. The van der Waals surface area contributed by atoms with Crippen LogP contribution in [-0.4, -0.2) is 77.3 Å². The number of morpholine rings is 1. The van der Waals surface area contributed by atoms with E-state index in [4.69, 9.17) is 4.74 Å². The molecular formula is C18H31IN6O2. The van der Waals surface area contributed by atoms with Crippen LogP contribution in [0.1, 0.15) is 37.9 Å². The second-order valence-corrected chi connectivity index (χ2v) is 6.86. The molecule has 8 nitrogen and oxygen atoms in total. The highest BCUT2D eigenvalue weighted by atomic mass is 127. The number of hydrogen-bond acceptors (Lipinski definition) is 4. The lowest BCUT2D eigenvalue weighted by molar-refractivity contribution is -0.130. The van der Waals surface area contributed by atoms with E-state index >= 15 is 0 Å². The topological polar surface area (TPSA) is 75.0 Å². The third-order valence-electron chi connectivity index (χ3n) is 4.87. The van der Waals surface area contributed by atoms with Gasteiger partial charge in [0.15, 0.2) is 5.96 Å². The van der Waals surface area contributed by atoms with Gasteiger partial charge in [-0.15, -0.1) is 24.0 Å². The van der Waals surface area contributed by atoms with Crippen LogP contribution in [0.3, 0.4) is 0 Å². The van der Waals surface area contributed by atoms with Crippen LogP contribution in [0, 0.1) is 0 Å². The van der Waals surface area contributed by atoms with Crippen molar-refractivity contribution in [1.82, 2.24) is 24.9 Å². The average molecular weight is 490 g/mol. The van der Waals surface area contributed by atoms with E-state index in [1.54, 1.807) is 4.68 Å². The molecule has 0 spiro atoms. The van der Waals surface area contributed by atoms with Crippen molar-refractivity contribution >= 4 is 35.8 Å². The highest BCUT2D eigenvalue weighted by Crippen LogP contribution is 2.21. The van der Waals surface area contributed by atoms with E-state index < -0.39 is 0 Å². The Hall–Kier alpha value is -1.36. The summed E-state index contributed by atoms with van der Waals surface area (Å²) in [5.74, 6) is 0.909. The fraction of sp³-hybridized carbons (Fsp3) is 0.722. The van der Waals surface area contributed by atoms with Gasteiger partial charge in [-0.25, -0.2) is 4.99 Å². The number of guanidine groups is 1. The molecule has 152 valence electrons. The van der Waals surface area contributed by atoms with E-state index in [0.29, 0.717) is 13.2 Å². The lowest BCUT2D eigenvalue weighted by atomic mass is 10.1. The molecule has 1 N–H and O–H groups in total. The first-order chi connectivity index (χ1) is 12.7. The zero-order chi connectivity index (χ0) is 18.4. The van der Waals surface area contributed by atoms with Gasteiger partial charge in [-0.3, -0.25) is 9.48 Å². The summed E-state index contributed by atoms with van der Waals surface area (Å²) < 4.78 is 7.69. The van der Waals surface area contributed by atoms with Crippen molar-refractivity contribution in [3.05, 3.63) is 18.0 Å². The first-order valence-electron chi connectivity index (χ1n) is 9.58. The standard InChI is InChI=1S/C18H30N6O2.HI/c1-3-19-18(20-12-17(25)23-7-5-4-6-8-23)24-9-10-26-16(14-24)15-11-21-22(2)13-15;/h11,13,16H,3-10,12,14H2,1-2H3,(H,19,20);1H. The number of carbonyl (C=O) groups excluding carboxylic acids is 1. The van der Waals surface area contributed by atoms with E-state index in [1.165, 1.54) is 6.42 Å². The lowest BCUT2D eigenvalue weighted by Crippen LogP contribution is -2.48. The Labute approximate surface area is 178 Å². The molecule has 2 aliphatic heterocycles. The summed E-state index contributed by atoms with van der Waals surface area (Å²) in [6, 6.07) is 0. The third kappa shape index (κ3) is 6.06. The summed E-state index contributed by atoms with van der Waals surface area (Å²) in [5, 5.41) is 7.55. The zero-order valence-corrected chi connectivity index (χ0v) is 18.6. The minimum Gasteiger partial charge on any atom is -0.370 e. The maximum Gasteiger partial charge on any atom is 0.244 e. The Morgan fingerprint density at radius 1 is 1.30 bits per heavy atom. The molecule has 3 rings (SSSR count). The molecule has 0 radical (unpaired) electrons. The van der Waals surface area contributed by atoms with Gasteiger partial charge in [-0.1, -0.05) is 0 Å².